The molecule has 134 valence electrons. The predicted octanol–water partition coefficient (Wildman–Crippen LogP) is 3.61. The number of rotatable bonds is 5. The van der Waals surface area contributed by atoms with E-state index in [-0.39, 0.29) is 11.8 Å². The standard InChI is InChI=1S/C18H16ClN3O3S/c1-10(17(23)20-2)22-18(24)15-7-13-14(8-21-9-16(13)26-15)25-12-5-3-11(19)4-6-12/h3-10H,1-2H3,(H,20,23)(H,22,24)/t10-/m1/s1. The van der Waals surface area contributed by atoms with Crippen molar-refractivity contribution in [1.29, 1.82) is 0 Å². The van der Waals surface area contributed by atoms with Gasteiger partial charge < -0.3 is 15.4 Å². The number of thiophene rings is 1. The Kier molecular flexibility index (Phi) is 5.39. The van der Waals surface area contributed by atoms with Gasteiger partial charge >= 0.3 is 0 Å². The normalized spacial score (nSPS) is 11.8. The first-order chi connectivity index (χ1) is 12.5. The number of fused-ring (bicyclic) bond motifs is 1. The molecule has 0 aliphatic rings. The van der Waals surface area contributed by atoms with Crippen LogP contribution in [0.3, 0.4) is 0 Å². The van der Waals surface area contributed by atoms with E-state index in [0.717, 1.165) is 10.1 Å². The molecule has 0 spiro atoms. The minimum Gasteiger partial charge on any atom is -0.455 e. The molecule has 6 nitrogen and oxygen atoms in total. The number of likely N-dealkylation sites (N-methyl/N-ethyl adjacent to an activating group) is 1. The summed E-state index contributed by atoms with van der Waals surface area (Å²) in [6.45, 7) is 1.63. The van der Waals surface area contributed by atoms with Gasteiger partial charge in [-0.3, -0.25) is 14.6 Å². The minimum atomic E-state index is -0.624. The maximum atomic E-state index is 12.4. The molecule has 1 atom stereocenters. The molecule has 2 heterocycles. The highest BCUT2D eigenvalue weighted by molar-refractivity contribution is 7.20. The van der Waals surface area contributed by atoms with Crippen LogP contribution >= 0.6 is 22.9 Å². The molecular formula is C18H16ClN3O3S. The highest BCUT2D eigenvalue weighted by atomic mass is 35.5. The fourth-order valence-corrected chi connectivity index (χ4v) is 3.38. The van der Waals surface area contributed by atoms with E-state index in [9.17, 15) is 9.59 Å². The Bertz CT molecular complexity index is 956. The molecule has 0 saturated carbocycles. The number of hydrogen-bond donors (Lipinski definition) is 2. The van der Waals surface area contributed by atoms with E-state index < -0.39 is 6.04 Å². The van der Waals surface area contributed by atoms with E-state index in [0.29, 0.717) is 21.4 Å². The lowest BCUT2D eigenvalue weighted by Crippen LogP contribution is -2.43. The van der Waals surface area contributed by atoms with Crippen LogP contribution in [0.15, 0.2) is 42.7 Å². The first-order valence-electron chi connectivity index (χ1n) is 7.81. The molecule has 3 rings (SSSR count). The van der Waals surface area contributed by atoms with Gasteiger partial charge in [-0.2, -0.15) is 0 Å². The summed E-state index contributed by atoms with van der Waals surface area (Å²) in [5.41, 5.74) is 0. The van der Waals surface area contributed by atoms with Crippen LogP contribution in [0.5, 0.6) is 11.5 Å². The smallest absolute Gasteiger partial charge is 0.262 e. The van der Waals surface area contributed by atoms with Gasteiger partial charge in [0.05, 0.1) is 15.8 Å². The van der Waals surface area contributed by atoms with Crippen molar-refractivity contribution in [2.45, 2.75) is 13.0 Å². The molecule has 0 unspecified atom stereocenters. The molecule has 0 radical (unpaired) electrons. The first-order valence-corrected chi connectivity index (χ1v) is 9.01. The average molecular weight is 390 g/mol. The second-order valence-corrected chi connectivity index (χ2v) is 7.05. The Morgan fingerprint density at radius 3 is 2.65 bits per heavy atom. The largest absolute Gasteiger partial charge is 0.455 e. The number of nitrogens with one attached hydrogen (secondary N) is 2. The molecule has 0 aliphatic carbocycles. The molecule has 26 heavy (non-hydrogen) atoms. The van der Waals surface area contributed by atoms with Gasteiger partial charge in [0, 0.05) is 23.7 Å². The minimum absolute atomic E-state index is 0.257. The van der Waals surface area contributed by atoms with Gasteiger partial charge in [-0.1, -0.05) is 11.6 Å². The summed E-state index contributed by atoms with van der Waals surface area (Å²) in [7, 11) is 1.52. The van der Waals surface area contributed by atoms with E-state index >= 15 is 0 Å². The first kappa shape index (κ1) is 18.2. The van der Waals surface area contributed by atoms with E-state index in [1.165, 1.54) is 18.4 Å². The fourth-order valence-electron chi connectivity index (χ4n) is 2.31. The van der Waals surface area contributed by atoms with E-state index in [2.05, 4.69) is 15.6 Å². The van der Waals surface area contributed by atoms with Gasteiger partial charge in [-0.15, -0.1) is 11.3 Å². The molecule has 2 amide bonds. The lowest BCUT2D eigenvalue weighted by atomic mass is 10.2. The van der Waals surface area contributed by atoms with E-state index in [1.54, 1.807) is 49.6 Å². The van der Waals surface area contributed by atoms with Crippen LogP contribution in [0.25, 0.3) is 10.1 Å². The number of amides is 2. The SMILES string of the molecule is CNC(=O)[C@@H](C)NC(=O)c1cc2c(Oc3ccc(Cl)cc3)cncc2s1. The van der Waals surface area contributed by atoms with Crippen LogP contribution < -0.4 is 15.4 Å². The molecule has 8 heteroatoms. The van der Waals surface area contributed by atoms with E-state index in [4.69, 9.17) is 16.3 Å². The number of hydrogen-bond acceptors (Lipinski definition) is 5. The van der Waals surface area contributed by atoms with Gasteiger partial charge in [0.25, 0.3) is 5.91 Å². The number of aromatic nitrogens is 1. The zero-order chi connectivity index (χ0) is 18.7. The summed E-state index contributed by atoms with van der Waals surface area (Å²) in [6, 6.07) is 8.09. The number of ether oxygens (including phenoxy) is 1. The van der Waals surface area contributed by atoms with Crippen molar-refractivity contribution in [2.75, 3.05) is 7.05 Å². The molecule has 2 aromatic heterocycles. The summed E-state index contributed by atoms with van der Waals surface area (Å²) in [4.78, 5) is 28.6. The van der Waals surface area contributed by atoms with Crippen molar-refractivity contribution in [2.24, 2.45) is 0 Å². The lowest BCUT2D eigenvalue weighted by molar-refractivity contribution is -0.122. The quantitative estimate of drug-likeness (QED) is 0.698. The van der Waals surface area contributed by atoms with Gasteiger partial charge in [0.1, 0.15) is 11.8 Å². The van der Waals surface area contributed by atoms with Crippen molar-refractivity contribution in [3.8, 4) is 11.5 Å². The van der Waals surface area contributed by atoms with Crippen molar-refractivity contribution in [3.63, 3.8) is 0 Å². The highest BCUT2D eigenvalue weighted by Gasteiger charge is 2.18. The van der Waals surface area contributed by atoms with Crippen LogP contribution in [0.4, 0.5) is 0 Å². The van der Waals surface area contributed by atoms with Crippen molar-refractivity contribution in [1.82, 2.24) is 15.6 Å². The zero-order valence-electron chi connectivity index (χ0n) is 14.1. The highest BCUT2D eigenvalue weighted by Crippen LogP contribution is 2.34. The third-order valence-electron chi connectivity index (χ3n) is 3.66. The molecule has 3 aromatic rings. The molecule has 0 fully saturated rings. The van der Waals surface area contributed by atoms with E-state index in [1.807, 2.05) is 0 Å². The Morgan fingerprint density at radius 2 is 1.96 bits per heavy atom. The van der Waals surface area contributed by atoms with Crippen LogP contribution in [0.2, 0.25) is 5.02 Å². The number of carbonyl (C=O) groups excluding carboxylic acids is 2. The zero-order valence-corrected chi connectivity index (χ0v) is 15.6. The van der Waals surface area contributed by atoms with Crippen LogP contribution in [-0.4, -0.2) is 29.9 Å². The summed E-state index contributed by atoms with van der Waals surface area (Å²) < 4.78 is 6.68. The Labute approximate surface area is 159 Å². The third-order valence-corrected chi connectivity index (χ3v) is 4.98. The van der Waals surface area contributed by atoms with Gasteiger partial charge in [-0.25, -0.2) is 0 Å². The average Bonchev–Trinajstić information content (AvgIpc) is 3.08. The topological polar surface area (TPSA) is 80.3 Å². The Hall–Kier alpha value is -2.64. The fraction of sp³-hybridized carbons (Fsp3) is 0.167. The summed E-state index contributed by atoms with van der Waals surface area (Å²) in [5, 5.41) is 6.56. The molecule has 0 saturated heterocycles. The number of pyridine rings is 1. The lowest BCUT2D eigenvalue weighted by Gasteiger charge is -2.10. The number of halogens is 1. The van der Waals surface area contributed by atoms with Crippen molar-refractivity contribution in [3.05, 3.63) is 52.6 Å². The summed E-state index contributed by atoms with van der Waals surface area (Å²) in [5.74, 6) is 0.584. The van der Waals surface area contributed by atoms with Gasteiger partial charge in [-0.05, 0) is 37.3 Å². The molecule has 2 N–H and O–H groups in total. The Balaban J connectivity index is 1.85. The molecule has 1 aromatic carbocycles. The second-order valence-electron chi connectivity index (χ2n) is 5.53. The van der Waals surface area contributed by atoms with Crippen LogP contribution in [-0.2, 0) is 4.79 Å². The number of benzene rings is 1. The summed E-state index contributed by atoms with van der Waals surface area (Å²) in [6.07, 6.45) is 3.27. The molecular weight excluding hydrogens is 374 g/mol. The summed E-state index contributed by atoms with van der Waals surface area (Å²) >= 11 is 7.17. The second kappa shape index (κ2) is 7.72. The van der Waals surface area contributed by atoms with Crippen LogP contribution in [0, 0.1) is 0 Å². The van der Waals surface area contributed by atoms with Gasteiger partial charge in [0.15, 0.2) is 5.75 Å². The van der Waals surface area contributed by atoms with Gasteiger partial charge in [0.2, 0.25) is 5.91 Å². The molecule has 0 aliphatic heterocycles. The van der Waals surface area contributed by atoms with Crippen molar-refractivity contribution >= 4 is 44.8 Å². The molecule has 0 bridgehead atoms. The third kappa shape index (κ3) is 3.95. The maximum Gasteiger partial charge on any atom is 0.262 e. The Morgan fingerprint density at radius 1 is 1.23 bits per heavy atom. The number of carbonyl (C=O) groups is 2. The van der Waals surface area contributed by atoms with Crippen molar-refractivity contribution < 1.29 is 14.3 Å². The maximum absolute atomic E-state index is 12.4. The van der Waals surface area contributed by atoms with Crippen LogP contribution in [0.1, 0.15) is 16.6 Å². The number of nitrogens with zero attached hydrogens (tertiary/aromatic N) is 1. The predicted molar refractivity (Wildman–Crippen MR) is 102 cm³/mol. The monoisotopic (exact) mass is 389 g/mol.